The number of β-lactam (4-membered cyclic amide) rings is 1. The molecule has 0 radical (unpaired) electrons. The summed E-state index contributed by atoms with van der Waals surface area (Å²) < 4.78 is 0. The van der Waals surface area contributed by atoms with Gasteiger partial charge in [0.1, 0.15) is 11.0 Å². The van der Waals surface area contributed by atoms with Crippen molar-refractivity contribution in [3.8, 4) is 0 Å². The van der Waals surface area contributed by atoms with Gasteiger partial charge in [0.15, 0.2) is 11.6 Å². The van der Waals surface area contributed by atoms with Gasteiger partial charge in [0.2, 0.25) is 5.91 Å². The van der Waals surface area contributed by atoms with Crippen LogP contribution in [0.2, 0.25) is 5.02 Å². The quantitative estimate of drug-likeness (QED) is 0.614. The SMILES string of the molecule is O=C1C=CC2(C=C1)N(Cc1ccccc1Cl)C(=O)[C@@]21CCCC1=O. The third kappa shape index (κ3) is 1.77. The third-order valence-electron chi connectivity index (χ3n) is 5.46. The Bertz CT molecular complexity index is 810. The summed E-state index contributed by atoms with van der Waals surface area (Å²) in [6.07, 6.45) is 8.02. The Labute approximate surface area is 144 Å². The van der Waals surface area contributed by atoms with Gasteiger partial charge in [0.25, 0.3) is 0 Å². The van der Waals surface area contributed by atoms with E-state index < -0.39 is 11.0 Å². The van der Waals surface area contributed by atoms with Gasteiger partial charge in [-0.15, -0.1) is 0 Å². The minimum atomic E-state index is -1.04. The Balaban J connectivity index is 1.78. The number of ketones is 2. The van der Waals surface area contributed by atoms with Gasteiger partial charge in [-0.2, -0.15) is 0 Å². The van der Waals surface area contributed by atoms with E-state index in [4.69, 9.17) is 11.6 Å². The van der Waals surface area contributed by atoms with E-state index in [9.17, 15) is 14.4 Å². The topological polar surface area (TPSA) is 54.5 Å². The van der Waals surface area contributed by atoms with Gasteiger partial charge in [-0.05, 0) is 48.8 Å². The van der Waals surface area contributed by atoms with Gasteiger partial charge in [-0.1, -0.05) is 29.8 Å². The largest absolute Gasteiger partial charge is 0.323 e. The highest BCUT2D eigenvalue weighted by atomic mass is 35.5. The Kier molecular flexibility index (Phi) is 3.29. The summed E-state index contributed by atoms with van der Waals surface area (Å²) in [4.78, 5) is 38.8. The second-order valence-corrected chi connectivity index (χ2v) is 6.97. The van der Waals surface area contributed by atoms with Crippen molar-refractivity contribution in [1.29, 1.82) is 0 Å². The van der Waals surface area contributed by atoms with Crippen LogP contribution in [0.15, 0.2) is 48.6 Å². The minimum absolute atomic E-state index is 0.0217. The summed E-state index contributed by atoms with van der Waals surface area (Å²) >= 11 is 6.23. The molecule has 0 unspecified atom stereocenters. The molecule has 0 N–H and O–H groups in total. The molecule has 2 fully saturated rings. The van der Waals surface area contributed by atoms with Crippen LogP contribution in [0.4, 0.5) is 0 Å². The summed E-state index contributed by atoms with van der Waals surface area (Å²) in [6.45, 7) is 0.316. The van der Waals surface area contributed by atoms with E-state index in [1.54, 1.807) is 23.1 Å². The Hall–Kier alpha value is -2.20. The van der Waals surface area contributed by atoms with Crippen molar-refractivity contribution in [3.63, 3.8) is 0 Å². The van der Waals surface area contributed by atoms with Gasteiger partial charge in [-0.25, -0.2) is 0 Å². The van der Waals surface area contributed by atoms with E-state index >= 15 is 0 Å². The maximum absolute atomic E-state index is 13.0. The fourth-order valence-electron chi connectivity index (χ4n) is 4.26. The molecule has 1 aliphatic heterocycles. The highest BCUT2D eigenvalue weighted by Gasteiger charge is 2.73. The van der Waals surface area contributed by atoms with E-state index in [0.717, 1.165) is 5.56 Å². The number of allylic oxidation sites excluding steroid dienone is 2. The maximum Gasteiger partial charge on any atom is 0.240 e. The molecular formula is C19H16ClNO3. The molecule has 1 saturated heterocycles. The highest BCUT2D eigenvalue weighted by molar-refractivity contribution is 6.31. The molecule has 24 heavy (non-hydrogen) atoms. The number of fused-ring (bicyclic) bond motifs is 1. The monoisotopic (exact) mass is 341 g/mol. The zero-order chi connectivity index (χ0) is 16.9. The molecule has 1 atom stereocenters. The molecule has 4 rings (SSSR count). The summed E-state index contributed by atoms with van der Waals surface area (Å²) in [5.41, 5.74) is -1.06. The first-order valence-corrected chi connectivity index (χ1v) is 8.40. The number of amides is 1. The molecule has 1 aromatic rings. The lowest BCUT2D eigenvalue weighted by Gasteiger charge is -2.61. The fraction of sp³-hybridized carbons (Fsp3) is 0.316. The Morgan fingerprint density at radius 2 is 1.79 bits per heavy atom. The summed E-state index contributed by atoms with van der Waals surface area (Å²) in [6, 6.07) is 7.35. The number of hydrogen-bond acceptors (Lipinski definition) is 3. The molecule has 1 heterocycles. The van der Waals surface area contributed by atoms with Crippen molar-refractivity contribution >= 4 is 29.1 Å². The molecule has 122 valence electrons. The van der Waals surface area contributed by atoms with Crippen LogP contribution in [0.5, 0.6) is 0 Å². The van der Waals surface area contributed by atoms with Crippen LogP contribution in [0.25, 0.3) is 0 Å². The van der Waals surface area contributed by atoms with Gasteiger partial charge >= 0.3 is 0 Å². The third-order valence-corrected chi connectivity index (χ3v) is 5.83. The lowest BCUT2D eigenvalue weighted by atomic mass is 9.57. The smallest absolute Gasteiger partial charge is 0.240 e. The second kappa shape index (κ2) is 5.15. The van der Waals surface area contributed by atoms with Gasteiger partial charge in [0.05, 0.1) is 0 Å². The number of benzene rings is 1. The average molecular weight is 342 g/mol. The van der Waals surface area contributed by atoms with Crippen LogP contribution in [-0.4, -0.2) is 27.9 Å². The van der Waals surface area contributed by atoms with E-state index in [2.05, 4.69) is 0 Å². The minimum Gasteiger partial charge on any atom is -0.323 e. The molecule has 1 amide bonds. The predicted molar refractivity (Wildman–Crippen MR) is 89.3 cm³/mol. The zero-order valence-corrected chi connectivity index (χ0v) is 13.8. The van der Waals surface area contributed by atoms with Crippen LogP contribution in [0, 0.1) is 5.41 Å². The van der Waals surface area contributed by atoms with Crippen molar-refractivity contribution in [3.05, 3.63) is 59.2 Å². The number of likely N-dealkylation sites (tertiary alicyclic amines) is 1. The van der Waals surface area contributed by atoms with Crippen LogP contribution in [-0.2, 0) is 20.9 Å². The number of carbonyl (C=O) groups is 3. The molecule has 2 spiro atoms. The first-order valence-electron chi connectivity index (χ1n) is 8.02. The van der Waals surface area contributed by atoms with E-state index in [0.29, 0.717) is 30.8 Å². The van der Waals surface area contributed by atoms with Crippen LogP contribution in [0.1, 0.15) is 24.8 Å². The lowest BCUT2D eigenvalue weighted by Crippen LogP contribution is -2.77. The zero-order valence-electron chi connectivity index (χ0n) is 13.0. The number of carbonyl (C=O) groups excluding carboxylic acids is 3. The number of rotatable bonds is 2. The summed E-state index contributed by atoms with van der Waals surface area (Å²) in [5.74, 6) is -0.307. The Morgan fingerprint density at radius 3 is 2.42 bits per heavy atom. The lowest BCUT2D eigenvalue weighted by molar-refractivity contribution is -0.182. The van der Waals surface area contributed by atoms with Crippen molar-refractivity contribution in [2.75, 3.05) is 0 Å². The normalized spacial score (nSPS) is 27.4. The number of hydrogen-bond donors (Lipinski definition) is 0. The van der Waals surface area contributed by atoms with E-state index in [1.807, 2.05) is 18.2 Å². The van der Waals surface area contributed by atoms with Gasteiger partial charge < -0.3 is 4.90 Å². The number of Topliss-reactive ketones (excluding diaryl/α,β-unsaturated/α-hetero) is 1. The van der Waals surface area contributed by atoms with Crippen molar-refractivity contribution in [2.24, 2.45) is 5.41 Å². The van der Waals surface area contributed by atoms with E-state index in [-0.39, 0.29) is 17.5 Å². The Morgan fingerprint density at radius 1 is 1.08 bits per heavy atom. The van der Waals surface area contributed by atoms with E-state index in [1.165, 1.54) is 12.2 Å². The second-order valence-electron chi connectivity index (χ2n) is 6.56. The van der Waals surface area contributed by atoms with Crippen molar-refractivity contribution < 1.29 is 14.4 Å². The highest BCUT2D eigenvalue weighted by Crippen LogP contribution is 2.58. The van der Waals surface area contributed by atoms with Crippen LogP contribution < -0.4 is 0 Å². The molecule has 1 saturated carbocycles. The van der Waals surface area contributed by atoms with Crippen LogP contribution >= 0.6 is 11.6 Å². The molecule has 2 aliphatic carbocycles. The van der Waals surface area contributed by atoms with Crippen molar-refractivity contribution in [1.82, 2.24) is 4.90 Å². The first kappa shape index (κ1) is 15.3. The summed E-state index contributed by atoms with van der Waals surface area (Å²) in [7, 11) is 0. The van der Waals surface area contributed by atoms with Crippen molar-refractivity contribution in [2.45, 2.75) is 31.3 Å². The molecular weight excluding hydrogens is 326 g/mol. The molecule has 4 nitrogen and oxygen atoms in total. The predicted octanol–water partition coefficient (Wildman–Crippen LogP) is 2.86. The van der Waals surface area contributed by atoms with Crippen LogP contribution in [0.3, 0.4) is 0 Å². The molecule has 0 aromatic heterocycles. The maximum atomic E-state index is 13.0. The average Bonchev–Trinajstić information content (AvgIpc) is 2.99. The number of nitrogens with zero attached hydrogens (tertiary/aromatic N) is 1. The van der Waals surface area contributed by atoms with Gasteiger partial charge in [-0.3, -0.25) is 14.4 Å². The molecule has 0 bridgehead atoms. The number of halogens is 1. The standard InChI is InChI=1S/C19H16ClNO3/c20-15-5-2-1-4-13(15)12-21-17(24)19(9-3-6-16(19)23)18(21)10-7-14(22)8-11-18/h1-2,4-5,7-8,10-11H,3,6,9,12H2/t19-/m0/s1. The first-order chi connectivity index (χ1) is 11.5. The van der Waals surface area contributed by atoms with Gasteiger partial charge in [0, 0.05) is 18.0 Å². The summed E-state index contributed by atoms with van der Waals surface area (Å²) in [5, 5.41) is 0.582. The molecule has 1 aromatic carbocycles. The fourth-order valence-corrected chi connectivity index (χ4v) is 4.45. The molecule has 5 heteroatoms. The molecule has 3 aliphatic rings.